The van der Waals surface area contributed by atoms with Crippen molar-refractivity contribution in [1.82, 2.24) is 14.8 Å². The van der Waals surface area contributed by atoms with Gasteiger partial charge in [-0.1, -0.05) is 51.1 Å². The zero-order valence-electron chi connectivity index (χ0n) is 16.5. The third kappa shape index (κ3) is 4.16. The monoisotopic (exact) mass is 394 g/mol. The van der Waals surface area contributed by atoms with Gasteiger partial charge in [0.1, 0.15) is 24.4 Å². The number of hydrogen-bond acceptors (Lipinski definition) is 6. The molecular weight excluding hydrogens is 372 g/mol. The molecule has 1 atom stereocenters. The summed E-state index contributed by atoms with van der Waals surface area (Å²) in [6, 6.07) is 14.0. The summed E-state index contributed by atoms with van der Waals surface area (Å²) in [5.74, 6) is -0.603. The van der Waals surface area contributed by atoms with Crippen LogP contribution in [-0.2, 0) is 10.2 Å². The van der Waals surface area contributed by atoms with Crippen molar-refractivity contribution < 1.29 is 14.5 Å². The lowest BCUT2D eigenvalue weighted by molar-refractivity contribution is -0.384. The third-order valence-electron chi connectivity index (χ3n) is 5.02. The normalized spacial score (nSPS) is 12.4. The predicted molar refractivity (Wildman–Crippen MR) is 107 cm³/mol. The van der Waals surface area contributed by atoms with E-state index in [1.807, 2.05) is 51.1 Å². The fourth-order valence-corrected chi connectivity index (χ4v) is 3.31. The summed E-state index contributed by atoms with van der Waals surface area (Å²) in [6.07, 6.45) is 2.85. The second kappa shape index (κ2) is 8.22. The average Bonchev–Trinajstić information content (AvgIpc) is 3.26. The summed E-state index contributed by atoms with van der Waals surface area (Å²) in [6.45, 7) is 5.97. The fourth-order valence-electron chi connectivity index (χ4n) is 3.31. The van der Waals surface area contributed by atoms with Crippen molar-refractivity contribution in [3.63, 3.8) is 0 Å². The molecule has 8 heteroatoms. The zero-order valence-corrected chi connectivity index (χ0v) is 16.5. The van der Waals surface area contributed by atoms with Gasteiger partial charge in [-0.2, -0.15) is 5.10 Å². The summed E-state index contributed by atoms with van der Waals surface area (Å²) < 4.78 is 7.05. The molecule has 0 unspecified atom stereocenters. The van der Waals surface area contributed by atoms with Gasteiger partial charge in [0.15, 0.2) is 0 Å². The molecule has 2 aromatic carbocycles. The minimum Gasteiger partial charge on any atom is -0.458 e. The smallest absolute Gasteiger partial charge is 0.338 e. The molecule has 3 aromatic rings. The highest BCUT2D eigenvalue weighted by atomic mass is 16.6. The van der Waals surface area contributed by atoms with Gasteiger partial charge in [0.2, 0.25) is 0 Å². The predicted octanol–water partition coefficient (Wildman–Crippen LogP) is 4.09. The summed E-state index contributed by atoms with van der Waals surface area (Å²) in [4.78, 5) is 27.5. The van der Waals surface area contributed by atoms with Crippen molar-refractivity contribution in [2.24, 2.45) is 0 Å². The molecule has 0 aliphatic carbocycles. The molecule has 0 spiro atoms. The number of carbonyl (C=O) groups is 1. The molecule has 1 aromatic heterocycles. The Morgan fingerprint density at radius 1 is 1.24 bits per heavy atom. The van der Waals surface area contributed by atoms with Crippen molar-refractivity contribution in [2.75, 3.05) is 0 Å². The first kappa shape index (κ1) is 20.2. The number of esters is 1. The minimum atomic E-state index is -0.603. The van der Waals surface area contributed by atoms with Crippen LogP contribution in [0.3, 0.4) is 0 Å². The Morgan fingerprint density at radius 3 is 2.55 bits per heavy atom. The second-order valence-corrected chi connectivity index (χ2v) is 7.19. The van der Waals surface area contributed by atoms with Crippen LogP contribution in [-0.4, -0.2) is 31.8 Å². The van der Waals surface area contributed by atoms with Crippen LogP contribution in [0.5, 0.6) is 0 Å². The molecule has 0 radical (unpaired) electrons. The molecular formula is C21H22N4O4. The molecule has 0 amide bonds. The van der Waals surface area contributed by atoms with Crippen LogP contribution in [0.4, 0.5) is 5.69 Å². The van der Waals surface area contributed by atoms with Crippen LogP contribution >= 0.6 is 0 Å². The van der Waals surface area contributed by atoms with Crippen LogP contribution in [0.2, 0.25) is 0 Å². The van der Waals surface area contributed by atoms with E-state index in [0.717, 1.165) is 5.56 Å². The van der Waals surface area contributed by atoms with Gasteiger partial charge in [0.25, 0.3) is 5.69 Å². The van der Waals surface area contributed by atoms with Gasteiger partial charge in [-0.15, -0.1) is 0 Å². The van der Waals surface area contributed by atoms with Gasteiger partial charge >= 0.3 is 5.97 Å². The van der Waals surface area contributed by atoms with E-state index >= 15 is 0 Å². The molecule has 0 saturated carbocycles. The zero-order chi connectivity index (χ0) is 21.0. The fraction of sp³-hybridized carbons (Fsp3) is 0.286. The molecule has 0 aliphatic heterocycles. The van der Waals surface area contributed by atoms with E-state index in [0.29, 0.717) is 6.42 Å². The number of nitro groups is 1. The van der Waals surface area contributed by atoms with E-state index in [-0.39, 0.29) is 16.9 Å². The van der Waals surface area contributed by atoms with E-state index in [1.54, 1.807) is 0 Å². The van der Waals surface area contributed by atoms with Crippen molar-refractivity contribution in [1.29, 1.82) is 0 Å². The highest BCUT2D eigenvalue weighted by molar-refractivity contribution is 5.91. The highest BCUT2D eigenvalue weighted by Gasteiger charge is 2.33. The van der Waals surface area contributed by atoms with Crippen molar-refractivity contribution in [3.8, 4) is 5.69 Å². The standard InChI is InChI=1S/C21H22N4O4/c1-4-19(21(2,3)16-8-6-5-7-9-16)29-20(26)15-10-11-17(18(12-15)25(27)28)24-14-22-13-23-24/h5-14,19H,4H2,1-3H3/t19-/m1/s1. The van der Waals surface area contributed by atoms with Crippen molar-refractivity contribution in [3.05, 3.63) is 82.4 Å². The van der Waals surface area contributed by atoms with Gasteiger partial charge < -0.3 is 4.74 Å². The number of carbonyl (C=O) groups excluding carboxylic acids is 1. The van der Waals surface area contributed by atoms with Crippen LogP contribution in [0, 0.1) is 10.1 Å². The maximum atomic E-state index is 12.8. The molecule has 3 rings (SSSR count). The van der Waals surface area contributed by atoms with E-state index in [4.69, 9.17) is 4.74 Å². The Balaban J connectivity index is 1.88. The summed E-state index contributed by atoms with van der Waals surface area (Å²) in [7, 11) is 0. The van der Waals surface area contributed by atoms with Crippen LogP contribution in [0.15, 0.2) is 61.2 Å². The van der Waals surface area contributed by atoms with Crippen LogP contribution < -0.4 is 0 Å². The number of hydrogen-bond donors (Lipinski definition) is 0. The van der Waals surface area contributed by atoms with E-state index in [9.17, 15) is 14.9 Å². The van der Waals surface area contributed by atoms with Crippen LogP contribution in [0.25, 0.3) is 5.69 Å². The van der Waals surface area contributed by atoms with E-state index in [1.165, 1.54) is 35.5 Å². The van der Waals surface area contributed by atoms with E-state index < -0.39 is 22.4 Å². The molecule has 8 nitrogen and oxygen atoms in total. The number of benzene rings is 2. The summed E-state index contributed by atoms with van der Waals surface area (Å²) in [5, 5.41) is 15.4. The van der Waals surface area contributed by atoms with Crippen LogP contribution in [0.1, 0.15) is 43.1 Å². The molecule has 0 bridgehead atoms. The molecule has 0 fully saturated rings. The average molecular weight is 394 g/mol. The van der Waals surface area contributed by atoms with Crippen molar-refractivity contribution in [2.45, 2.75) is 38.7 Å². The first-order chi connectivity index (χ1) is 13.8. The Morgan fingerprint density at radius 2 is 1.97 bits per heavy atom. The maximum Gasteiger partial charge on any atom is 0.338 e. The Bertz CT molecular complexity index is 1000. The SMILES string of the molecule is CC[C@@H](OC(=O)c1ccc(-n2cncn2)c([N+](=O)[O-])c1)C(C)(C)c1ccccc1. The molecule has 0 aliphatic rings. The largest absolute Gasteiger partial charge is 0.458 e. The summed E-state index contributed by atoms with van der Waals surface area (Å²) >= 11 is 0. The van der Waals surface area contributed by atoms with Gasteiger partial charge in [0, 0.05) is 11.5 Å². The molecule has 0 saturated heterocycles. The lowest BCUT2D eigenvalue weighted by atomic mass is 9.78. The highest BCUT2D eigenvalue weighted by Crippen LogP contribution is 2.32. The minimum absolute atomic E-state index is 0.114. The number of nitrogens with zero attached hydrogens (tertiary/aromatic N) is 4. The Hall–Kier alpha value is -3.55. The van der Waals surface area contributed by atoms with Gasteiger partial charge in [-0.25, -0.2) is 14.5 Å². The number of aromatic nitrogens is 3. The number of ether oxygens (including phenoxy) is 1. The lowest BCUT2D eigenvalue weighted by Gasteiger charge is -2.33. The first-order valence-electron chi connectivity index (χ1n) is 9.24. The first-order valence-corrected chi connectivity index (χ1v) is 9.24. The Labute approximate surface area is 168 Å². The number of nitro benzene ring substituents is 1. The van der Waals surface area contributed by atoms with E-state index in [2.05, 4.69) is 10.1 Å². The molecule has 150 valence electrons. The van der Waals surface area contributed by atoms with Gasteiger partial charge in [-0.3, -0.25) is 10.1 Å². The molecule has 1 heterocycles. The van der Waals surface area contributed by atoms with Crippen molar-refractivity contribution >= 4 is 11.7 Å². The quantitative estimate of drug-likeness (QED) is 0.340. The maximum absolute atomic E-state index is 12.8. The second-order valence-electron chi connectivity index (χ2n) is 7.19. The lowest BCUT2D eigenvalue weighted by Crippen LogP contribution is -2.37. The molecule has 0 N–H and O–H groups in total. The number of rotatable bonds is 7. The van der Waals surface area contributed by atoms with Gasteiger partial charge in [-0.05, 0) is 24.1 Å². The van der Waals surface area contributed by atoms with Gasteiger partial charge in [0.05, 0.1) is 10.5 Å². The molecule has 29 heavy (non-hydrogen) atoms. The summed E-state index contributed by atoms with van der Waals surface area (Å²) in [5.41, 5.74) is 0.717. The topological polar surface area (TPSA) is 100 Å². The Kier molecular flexibility index (Phi) is 5.72. The third-order valence-corrected chi connectivity index (χ3v) is 5.02.